The molecule has 0 aromatic heterocycles. The summed E-state index contributed by atoms with van der Waals surface area (Å²) in [6.45, 7) is -0.432. The number of hydrogen-bond acceptors (Lipinski definition) is 7. The van der Waals surface area contributed by atoms with Gasteiger partial charge in [0.1, 0.15) is 17.9 Å². The lowest BCUT2D eigenvalue weighted by atomic mass is 10.1. The number of aliphatic imine (C=N–C) groups is 2. The van der Waals surface area contributed by atoms with Crippen molar-refractivity contribution in [2.45, 2.75) is 37.5 Å². The molecule has 0 aliphatic carbocycles. The number of nitrogens with two attached hydrogens (primary N) is 1. The number of benzene rings is 1. The van der Waals surface area contributed by atoms with Crippen LogP contribution in [0.2, 0.25) is 0 Å². The maximum Gasteiger partial charge on any atom is 0.272 e. The van der Waals surface area contributed by atoms with Gasteiger partial charge in [-0.3, -0.25) is 24.7 Å². The molecule has 0 bridgehead atoms. The number of rotatable bonds is 11. The number of nitrogens with zero attached hydrogens (tertiary/aromatic N) is 2. The third kappa shape index (κ3) is 6.72. The van der Waals surface area contributed by atoms with E-state index >= 15 is 0 Å². The minimum Gasteiger partial charge on any atom is -0.394 e. The summed E-state index contributed by atoms with van der Waals surface area (Å²) in [5.74, 6) is -1.59. The van der Waals surface area contributed by atoms with Crippen molar-refractivity contribution in [2.24, 2.45) is 15.7 Å². The highest BCUT2D eigenvalue weighted by Gasteiger charge is 2.27. The number of nitrogens with one attached hydrogen (secondary N) is 2. The van der Waals surface area contributed by atoms with E-state index in [0.29, 0.717) is 12.0 Å². The van der Waals surface area contributed by atoms with Crippen LogP contribution in [0.15, 0.2) is 40.3 Å². The molecule has 0 fully saturated rings. The van der Waals surface area contributed by atoms with E-state index in [1.165, 1.54) is 0 Å². The van der Waals surface area contributed by atoms with Crippen molar-refractivity contribution in [1.29, 1.82) is 0 Å². The Kier molecular flexibility index (Phi) is 8.59. The molecule has 0 saturated heterocycles. The first-order valence-electron chi connectivity index (χ1n) is 9.37. The SMILES string of the molecule is NC(=O)C(CCCN=C1N=C(CC(O)C(O)CO)C(=O)N1)NC(=O)c1ccccc1. The zero-order valence-electron chi connectivity index (χ0n) is 16.2. The summed E-state index contributed by atoms with van der Waals surface area (Å²) in [5.41, 5.74) is 5.75. The van der Waals surface area contributed by atoms with E-state index in [1.54, 1.807) is 30.3 Å². The summed E-state index contributed by atoms with van der Waals surface area (Å²) in [6.07, 6.45) is -2.31. The Labute approximate surface area is 172 Å². The largest absolute Gasteiger partial charge is 0.394 e. The third-order valence-corrected chi connectivity index (χ3v) is 4.36. The Hall–Kier alpha value is -3.15. The predicted octanol–water partition coefficient (Wildman–Crippen LogP) is -1.92. The summed E-state index contributed by atoms with van der Waals surface area (Å²) >= 11 is 0. The zero-order chi connectivity index (χ0) is 22.1. The van der Waals surface area contributed by atoms with E-state index < -0.39 is 42.6 Å². The Morgan fingerprint density at radius 3 is 2.53 bits per heavy atom. The maximum absolute atomic E-state index is 12.2. The van der Waals surface area contributed by atoms with E-state index in [9.17, 15) is 24.6 Å². The van der Waals surface area contributed by atoms with Gasteiger partial charge in [0.05, 0.1) is 12.7 Å². The molecule has 1 aromatic carbocycles. The summed E-state index contributed by atoms with van der Waals surface area (Å²) in [7, 11) is 0. The molecule has 30 heavy (non-hydrogen) atoms. The van der Waals surface area contributed by atoms with E-state index in [0.717, 1.165) is 0 Å². The molecule has 1 aromatic rings. The van der Waals surface area contributed by atoms with Crippen LogP contribution in [0.4, 0.5) is 0 Å². The highest BCUT2D eigenvalue weighted by atomic mass is 16.4. The number of primary amides is 1. The zero-order valence-corrected chi connectivity index (χ0v) is 16.2. The smallest absolute Gasteiger partial charge is 0.272 e. The van der Waals surface area contributed by atoms with Crippen molar-refractivity contribution in [3.63, 3.8) is 0 Å². The van der Waals surface area contributed by atoms with Gasteiger partial charge in [0.2, 0.25) is 11.9 Å². The molecule has 7 N–H and O–H groups in total. The lowest BCUT2D eigenvalue weighted by Gasteiger charge is -2.15. The van der Waals surface area contributed by atoms with E-state index in [-0.39, 0.29) is 31.1 Å². The fraction of sp³-hybridized carbons (Fsp3) is 0.421. The number of amides is 3. The Morgan fingerprint density at radius 1 is 1.20 bits per heavy atom. The van der Waals surface area contributed by atoms with Crippen LogP contribution in [0.1, 0.15) is 29.6 Å². The summed E-state index contributed by atoms with van der Waals surface area (Å²) < 4.78 is 0. The highest BCUT2D eigenvalue weighted by Crippen LogP contribution is 2.07. The van der Waals surface area contributed by atoms with E-state index in [4.69, 9.17) is 10.8 Å². The Balaban J connectivity index is 1.85. The molecule has 0 saturated carbocycles. The molecular formula is C19H25N5O6. The number of guanidine groups is 1. The van der Waals surface area contributed by atoms with Gasteiger partial charge in [-0.25, -0.2) is 4.99 Å². The first-order chi connectivity index (χ1) is 14.3. The number of hydrogen-bond donors (Lipinski definition) is 6. The molecule has 1 aliphatic heterocycles. The van der Waals surface area contributed by atoms with Gasteiger partial charge in [-0.15, -0.1) is 0 Å². The van der Waals surface area contributed by atoms with Gasteiger partial charge in [0, 0.05) is 18.5 Å². The van der Waals surface area contributed by atoms with Gasteiger partial charge < -0.3 is 26.4 Å². The van der Waals surface area contributed by atoms with Crippen LogP contribution in [0, 0.1) is 0 Å². The minimum absolute atomic E-state index is 0.0149. The normalized spacial score (nSPS) is 17.8. The molecule has 3 atom stereocenters. The Bertz CT molecular complexity index is 826. The summed E-state index contributed by atoms with van der Waals surface area (Å²) in [5, 5.41) is 32.8. The van der Waals surface area contributed by atoms with Gasteiger partial charge in [0.25, 0.3) is 11.8 Å². The van der Waals surface area contributed by atoms with Crippen LogP contribution < -0.4 is 16.4 Å². The third-order valence-electron chi connectivity index (χ3n) is 4.36. The predicted molar refractivity (Wildman–Crippen MR) is 108 cm³/mol. The fourth-order valence-corrected chi connectivity index (χ4v) is 2.65. The first-order valence-corrected chi connectivity index (χ1v) is 9.37. The molecule has 11 nitrogen and oxygen atoms in total. The van der Waals surface area contributed by atoms with Crippen molar-refractivity contribution >= 4 is 29.4 Å². The van der Waals surface area contributed by atoms with Crippen LogP contribution in [0.25, 0.3) is 0 Å². The van der Waals surface area contributed by atoms with Crippen molar-refractivity contribution in [1.82, 2.24) is 10.6 Å². The second-order valence-electron chi connectivity index (χ2n) is 6.68. The number of carbonyl (C=O) groups excluding carboxylic acids is 3. The molecule has 0 radical (unpaired) electrons. The van der Waals surface area contributed by atoms with Crippen LogP contribution in [-0.2, 0) is 9.59 Å². The van der Waals surface area contributed by atoms with E-state index in [1.807, 2.05) is 0 Å². The second kappa shape index (κ2) is 11.1. The number of aliphatic hydroxyl groups excluding tert-OH is 3. The fourth-order valence-electron chi connectivity index (χ4n) is 2.65. The maximum atomic E-state index is 12.2. The van der Waals surface area contributed by atoms with Crippen molar-refractivity contribution < 1.29 is 29.7 Å². The molecule has 1 aliphatic rings. The van der Waals surface area contributed by atoms with Crippen molar-refractivity contribution in [2.75, 3.05) is 13.2 Å². The van der Waals surface area contributed by atoms with Crippen molar-refractivity contribution in [3.05, 3.63) is 35.9 Å². The topological polar surface area (TPSA) is 187 Å². The molecule has 3 unspecified atom stereocenters. The second-order valence-corrected chi connectivity index (χ2v) is 6.68. The van der Waals surface area contributed by atoms with Crippen LogP contribution in [-0.4, -0.2) is 76.1 Å². The first kappa shape index (κ1) is 23.1. The van der Waals surface area contributed by atoms with Gasteiger partial charge in [-0.2, -0.15) is 0 Å². The monoisotopic (exact) mass is 419 g/mol. The molecule has 11 heteroatoms. The van der Waals surface area contributed by atoms with Gasteiger partial charge in [-0.05, 0) is 25.0 Å². The van der Waals surface area contributed by atoms with Crippen LogP contribution >= 0.6 is 0 Å². The minimum atomic E-state index is -1.38. The van der Waals surface area contributed by atoms with Crippen molar-refractivity contribution in [3.8, 4) is 0 Å². The molecule has 1 heterocycles. The van der Waals surface area contributed by atoms with Crippen LogP contribution in [0.3, 0.4) is 0 Å². The molecule has 0 spiro atoms. The number of aliphatic hydroxyl groups is 3. The quantitative estimate of drug-likeness (QED) is 0.227. The molecule has 162 valence electrons. The Morgan fingerprint density at radius 2 is 1.90 bits per heavy atom. The summed E-state index contributed by atoms with van der Waals surface area (Å²) in [6, 6.07) is 7.55. The lowest BCUT2D eigenvalue weighted by molar-refractivity contribution is -0.120. The molecule has 2 rings (SSSR count). The molecular weight excluding hydrogens is 394 g/mol. The van der Waals surface area contributed by atoms with Gasteiger partial charge in [0.15, 0.2) is 0 Å². The lowest BCUT2D eigenvalue weighted by Crippen LogP contribution is -2.44. The number of carbonyl (C=O) groups is 3. The van der Waals surface area contributed by atoms with Crippen LogP contribution in [0.5, 0.6) is 0 Å². The average Bonchev–Trinajstić information content (AvgIpc) is 3.08. The van der Waals surface area contributed by atoms with Gasteiger partial charge in [-0.1, -0.05) is 18.2 Å². The molecule has 3 amide bonds. The highest BCUT2D eigenvalue weighted by molar-refractivity contribution is 6.46. The summed E-state index contributed by atoms with van der Waals surface area (Å²) in [4.78, 5) is 43.7. The average molecular weight is 419 g/mol. The standard InChI is InChI=1S/C19H25N5O6/c20-16(28)12(22-17(29)11-5-2-1-3-6-11)7-4-8-21-19-23-13(18(30)24-19)9-14(26)15(27)10-25/h1-3,5-6,12,14-15,25-27H,4,7-10H2,(H2,20,28)(H,22,29)(H,21,24,30). The van der Waals surface area contributed by atoms with Gasteiger partial charge >= 0.3 is 0 Å². The van der Waals surface area contributed by atoms with E-state index in [2.05, 4.69) is 20.6 Å².